The van der Waals surface area contributed by atoms with Crippen LogP contribution in [0, 0.1) is 50.1 Å². The van der Waals surface area contributed by atoms with Crippen molar-refractivity contribution in [2.45, 2.75) is 106 Å². The largest absolute Gasteiger partial charge is 0.457 e. The van der Waals surface area contributed by atoms with E-state index in [1.54, 1.807) is 30.3 Å². The van der Waals surface area contributed by atoms with Crippen molar-refractivity contribution in [2.75, 3.05) is 0 Å². The first-order valence-corrected chi connectivity index (χ1v) is 22.1. The number of benzene rings is 5. The first kappa shape index (κ1) is 30.3. The van der Waals surface area contributed by atoms with Gasteiger partial charge in [0.15, 0.2) is 0 Å². The Morgan fingerprint density at radius 1 is 0.677 bits per heavy atom. The quantitative estimate of drug-likeness (QED) is 0.161. The molecule has 0 spiro atoms. The summed E-state index contributed by atoms with van der Waals surface area (Å²) in [7, 11) is 0. The van der Waals surface area contributed by atoms with Crippen molar-refractivity contribution < 1.29 is 22.9 Å². The van der Waals surface area contributed by atoms with Gasteiger partial charge in [0.2, 0.25) is 0 Å². The molecule has 3 atom stereocenters. The molecule has 2 aliphatic carbocycles. The van der Waals surface area contributed by atoms with Gasteiger partial charge >= 0.3 is 0 Å². The number of nitrogens with zero attached hydrogens (tertiary/aromatic N) is 2. The molecule has 8 aromatic rings. The third-order valence-corrected chi connectivity index (χ3v) is 14.4. The van der Waals surface area contributed by atoms with Crippen molar-refractivity contribution in [1.82, 2.24) is 9.97 Å². The lowest BCUT2D eigenvalue weighted by Gasteiger charge is -2.49. The summed E-state index contributed by atoms with van der Waals surface area (Å²) in [6.07, 6.45) is 9.92. The molecule has 0 amide bonds. The minimum atomic E-state index is -2.79. The zero-order valence-electron chi connectivity index (χ0n) is 46.3. The molecular formula is C58H60N2O2. The van der Waals surface area contributed by atoms with E-state index in [1.807, 2.05) is 54.7 Å². The second-order valence-corrected chi connectivity index (χ2v) is 19.2. The van der Waals surface area contributed by atoms with Gasteiger partial charge in [-0.25, -0.2) is 0 Å². The van der Waals surface area contributed by atoms with E-state index in [4.69, 9.17) is 26.5 Å². The SMILES string of the molecule is [2H]C([2H])([2H])c1cnc(-c2cc(Oc3cc(-c4cc(C5CCC(C)(C6([2H])CCC(C)(C)CC6)CC5C)c(C)cn4)c4oc5c6ccccc6ccc5c4c3)c(C([2H])([2H])[2H])c(-c3ccccc3)c2)cc1C([2H])([2H])[2H]. The molecule has 5 aromatic carbocycles. The summed E-state index contributed by atoms with van der Waals surface area (Å²) < 4.78 is 99.6. The predicted octanol–water partition coefficient (Wildman–Crippen LogP) is 16.7. The van der Waals surface area contributed by atoms with Gasteiger partial charge in [0.05, 0.1) is 11.4 Å². The van der Waals surface area contributed by atoms with Gasteiger partial charge < -0.3 is 9.15 Å². The van der Waals surface area contributed by atoms with E-state index < -0.39 is 26.4 Å². The van der Waals surface area contributed by atoms with Crippen LogP contribution < -0.4 is 4.74 Å². The molecule has 2 saturated carbocycles. The number of hydrogen-bond donors (Lipinski definition) is 0. The molecule has 0 radical (unpaired) electrons. The van der Waals surface area contributed by atoms with Crippen molar-refractivity contribution in [3.63, 3.8) is 0 Å². The maximum atomic E-state index is 9.82. The van der Waals surface area contributed by atoms with Gasteiger partial charge in [-0.1, -0.05) is 88.4 Å². The van der Waals surface area contributed by atoms with Crippen LogP contribution in [-0.2, 0) is 0 Å². The van der Waals surface area contributed by atoms with Gasteiger partial charge in [-0.15, -0.1) is 0 Å². The average molecular weight is 827 g/mol. The molecule has 2 aliphatic rings. The number of hydrogen-bond acceptors (Lipinski definition) is 4. The second-order valence-electron chi connectivity index (χ2n) is 19.2. The lowest BCUT2D eigenvalue weighted by molar-refractivity contribution is 0.0289. The lowest BCUT2D eigenvalue weighted by Crippen LogP contribution is -2.38. The summed E-state index contributed by atoms with van der Waals surface area (Å²) in [6.45, 7) is 3.25. The fourth-order valence-electron chi connectivity index (χ4n) is 10.7. The number of aryl methyl sites for hydroxylation is 3. The molecule has 3 heterocycles. The van der Waals surface area contributed by atoms with E-state index in [0.29, 0.717) is 50.8 Å². The first-order chi connectivity index (χ1) is 33.8. The number of rotatable bonds is 7. The Kier molecular flexibility index (Phi) is 7.61. The Morgan fingerprint density at radius 3 is 2.24 bits per heavy atom. The minimum Gasteiger partial charge on any atom is -0.457 e. The number of fused-ring (bicyclic) bond motifs is 5. The molecule has 0 N–H and O–H groups in total. The summed E-state index contributed by atoms with van der Waals surface area (Å²) in [4.78, 5) is 9.55. The van der Waals surface area contributed by atoms with Gasteiger partial charge in [0, 0.05) is 53.4 Å². The van der Waals surface area contributed by atoms with Crippen LogP contribution in [0.2, 0.25) is 0 Å². The van der Waals surface area contributed by atoms with Gasteiger partial charge in [0.1, 0.15) is 22.7 Å². The van der Waals surface area contributed by atoms with Crippen molar-refractivity contribution >= 4 is 32.7 Å². The molecule has 62 heavy (non-hydrogen) atoms. The third-order valence-electron chi connectivity index (χ3n) is 14.4. The zero-order valence-corrected chi connectivity index (χ0v) is 36.3. The Morgan fingerprint density at radius 2 is 1.45 bits per heavy atom. The smallest absolute Gasteiger partial charge is 0.145 e. The van der Waals surface area contributed by atoms with Crippen molar-refractivity contribution in [2.24, 2.45) is 22.6 Å². The molecule has 2 fully saturated rings. The van der Waals surface area contributed by atoms with Gasteiger partial charge in [0.25, 0.3) is 0 Å². The summed E-state index contributed by atoms with van der Waals surface area (Å²) in [5.41, 5.74) is 5.63. The fourth-order valence-corrected chi connectivity index (χ4v) is 10.7. The highest BCUT2D eigenvalue weighted by Gasteiger charge is 2.44. The van der Waals surface area contributed by atoms with Crippen LogP contribution >= 0.6 is 0 Å². The Hall–Kier alpha value is -5.74. The standard InChI is InChI=1S/C58H60N2O2/c1-35-26-52(59-33-37(35)3)42-27-49(40-14-10-9-11-15-40)39(5)54(28-42)61-44-29-50-47-19-18-41-16-12-13-17-46(41)55(47)62-56(50)51(30-44)53-31-48(38(4)34-60-53)45-22-25-58(8,32-36(45)2)43-20-23-57(6,7)24-21-43/h9-19,26-31,33-34,36,43,45H,20-25,32H2,1-8H3/i1D3,3D3,5D3,43D. The Bertz CT molecular complexity index is 3380. The number of aromatic nitrogens is 2. The summed E-state index contributed by atoms with van der Waals surface area (Å²) in [5.74, 6) is 0.414. The van der Waals surface area contributed by atoms with Crippen molar-refractivity contribution in [1.29, 1.82) is 0 Å². The minimum absolute atomic E-state index is 0.0163. The van der Waals surface area contributed by atoms with E-state index in [-0.39, 0.29) is 44.9 Å². The lowest BCUT2D eigenvalue weighted by atomic mass is 9.56. The first-order valence-electron chi connectivity index (χ1n) is 27.1. The van der Waals surface area contributed by atoms with Gasteiger partial charge in [-0.3, -0.25) is 9.97 Å². The van der Waals surface area contributed by atoms with E-state index in [0.717, 1.165) is 78.3 Å². The number of pyridine rings is 2. The monoisotopic (exact) mass is 827 g/mol. The maximum Gasteiger partial charge on any atom is 0.145 e. The van der Waals surface area contributed by atoms with Crippen LogP contribution in [0.25, 0.3) is 66.4 Å². The molecule has 314 valence electrons. The Labute approximate surface area is 381 Å². The van der Waals surface area contributed by atoms with Crippen LogP contribution in [-0.4, -0.2) is 9.97 Å². The number of furan rings is 1. The predicted molar refractivity (Wildman–Crippen MR) is 258 cm³/mol. The van der Waals surface area contributed by atoms with Crippen LogP contribution in [0.1, 0.15) is 120 Å². The molecule has 0 aliphatic heterocycles. The molecule has 3 aromatic heterocycles. The van der Waals surface area contributed by atoms with Crippen LogP contribution in [0.4, 0.5) is 0 Å². The summed E-state index contributed by atoms with van der Waals surface area (Å²) in [6, 6.07) is 31.4. The van der Waals surface area contributed by atoms with Crippen LogP contribution in [0.3, 0.4) is 0 Å². The normalized spacial score (nSPS) is 24.1. The number of ether oxygens (including phenoxy) is 1. The van der Waals surface area contributed by atoms with E-state index >= 15 is 0 Å². The second kappa shape index (κ2) is 15.6. The summed E-state index contributed by atoms with van der Waals surface area (Å²) in [5, 5.41) is 3.52. The molecule has 10 rings (SSSR count). The molecule has 0 bridgehead atoms. The summed E-state index contributed by atoms with van der Waals surface area (Å²) >= 11 is 0. The van der Waals surface area contributed by atoms with Crippen LogP contribution in [0.15, 0.2) is 120 Å². The van der Waals surface area contributed by atoms with E-state index in [2.05, 4.69) is 51.7 Å². The third kappa shape index (κ3) is 7.29. The van der Waals surface area contributed by atoms with Gasteiger partial charge in [-0.05, 0) is 188 Å². The maximum absolute atomic E-state index is 9.82. The van der Waals surface area contributed by atoms with Crippen molar-refractivity contribution in [3.8, 4) is 45.1 Å². The van der Waals surface area contributed by atoms with E-state index in [9.17, 15) is 1.37 Å². The highest BCUT2D eigenvalue weighted by atomic mass is 16.5. The van der Waals surface area contributed by atoms with Gasteiger partial charge in [-0.2, -0.15) is 0 Å². The topological polar surface area (TPSA) is 48.2 Å². The van der Waals surface area contributed by atoms with E-state index in [1.165, 1.54) is 17.7 Å². The highest BCUT2D eigenvalue weighted by Crippen LogP contribution is 2.56. The molecule has 3 unspecified atom stereocenters. The average Bonchev–Trinajstić information content (AvgIpc) is 3.71. The molecule has 4 heteroatoms. The fraction of sp³-hybridized carbons (Fsp3) is 0.345. The Balaban J connectivity index is 1.14. The van der Waals surface area contributed by atoms with Crippen LogP contribution in [0.5, 0.6) is 11.5 Å². The molecular weight excluding hydrogens is 757 g/mol. The highest BCUT2D eigenvalue weighted by molar-refractivity contribution is 6.17. The van der Waals surface area contributed by atoms with Crippen molar-refractivity contribution in [3.05, 3.63) is 143 Å². The zero-order chi connectivity index (χ0) is 51.3. The molecule has 0 saturated heterocycles. The molecule has 4 nitrogen and oxygen atoms in total.